The molecule has 1 aromatic carbocycles. The molecule has 3 nitrogen and oxygen atoms in total. The predicted molar refractivity (Wildman–Crippen MR) is 57.0 cm³/mol. The fourth-order valence-corrected chi connectivity index (χ4v) is 1.20. The molecule has 9 heteroatoms. The molecule has 0 unspecified atom stereocenters. The number of hydrogen-bond donors (Lipinski definition) is 0. The van der Waals surface area contributed by atoms with Crippen molar-refractivity contribution in [3.8, 4) is 17.8 Å². The van der Waals surface area contributed by atoms with Crippen molar-refractivity contribution in [1.29, 1.82) is 0 Å². The van der Waals surface area contributed by atoms with E-state index in [-0.39, 0.29) is 18.2 Å². The van der Waals surface area contributed by atoms with Crippen LogP contribution in [0.4, 0.5) is 31.1 Å². The van der Waals surface area contributed by atoms with Gasteiger partial charge in [0.15, 0.2) is 0 Å². The molecule has 0 fully saturated rings. The Kier molecular flexibility index (Phi) is 4.73. The lowest BCUT2D eigenvalue weighted by atomic mass is 10.1. The van der Waals surface area contributed by atoms with Gasteiger partial charge in [-0.15, -0.1) is 0 Å². The Balaban J connectivity index is 3.19. The van der Waals surface area contributed by atoms with Gasteiger partial charge in [-0.2, -0.15) is 26.3 Å². The van der Waals surface area contributed by atoms with Gasteiger partial charge in [-0.3, -0.25) is 0 Å². The van der Waals surface area contributed by atoms with E-state index < -0.39 is 35.4 Å². The van der Waals surface area contributed by atoms with Gasteiger partial charge in [0.2, 0.25) is 0 Å². The molecule has 0 aromatic heterocycles. The van der Waals surface area contributed by atoms with Crippen LogP contribution in [0.2, 0.25) is 0 Å². The average Bonchev–Trinajstić information content (AvgIpc) is 2.34. The lowest BCUT2D eigenvalue weighted by Gasteiger charge is -2.13. The van der Waals surface area contributed by atoms with Crippen LogP contribution in [0.3, 0.4) is 0 Å². The van der Waals surface area contributed by atoms with Crippen LogP contribution >= 0.6 is 0 Å². The third-order valence-corrected chi connectivity index (χ3v) is 2.00. The van der Waals surface area contributed by atoms with Crippen LogP contribution in [0.25, 0.3) is 0 Å². The maximum absolute atomic E-state index is 12.5. The first kappa shape index (κ1) is 16.7. The molecule has 114 valence electrons. The molecular weight excluding hydrogens is 306 g/mol. The standard InChI is InChI=1S/C12H6F6O3/c1-2-3-20-10(19)21-9-5-7(11(13,14)15)4-8(6-9)12(16,17)18/h4-6H,1H3. The van der Waals surface area contributed by atoms with Crippen molar-refractivity contribution in [3.63, 3.8) is 0 Å². The van der Waals surface area contributed by atoms with E-state index in [1.165, 1.54) is 6.92 Å². The SMILES string of the molecule is CC#COC(=O)Oc1cc(C(F)(F)F)cc(C(F)(F)F)c1. The van der Waals surface area contributed by atoms with Gasteiger partial charge in [0.05, 0.1) is 11.1 Å². The summed E-state index contributed by atoms with van der Waals surface area (Å²) < 4.78 is 83.4. The number of rotatable bonds is 1. The van der Waals surface area contributed by atoms with Crippen LogP contribution in [0.15, 0.2) is 18.2 Å². The van der Waals surface area contributed by atoms with Gasteiger partial charge in [-0.1, -0.05) is 5.92 Å². The largest absolute Gasteiger partial charge is 0.528 e. The van der Waals surface area contributed by atoms with Crippen molar-refractivity contribution in [2.45, 2.75) is 19.3 Å². The summed E-state index contributed by atoms with van der Waals surface area (Å²) in [5.74, 6) is 1.16. The summed E-state index contributed by atoms with van der Waals surface area (Å²) in [6.07, 6.45) is -9.83. The molecule has 0 saturated heterocycles. The second-order valence-corrected chi connectivity index (χ2v) is 3.55. The Morgan fingerprint density at radius 2 is 1.48 bits per heavy atom. The zero-order valence-electron chi connectivity index (χ0n) is 10.2. The Bertz CT molecular complexity index is 559. The second kappa shape index (κ2) is 5.95. The highest BCUT2D eigenvalue weighted by Gasteiger charge is 2.37. The highest BCUT2D eigenvalue weighted by atomic mass is 19.4. The van der Waals surface area contributed by atoms with Gasteiger partial charge in [0, 0.05) is 6.92 Å². The number of carbonyl (C=O) groups excluding carboxylic acids is 1. The Morgan fingerprint density at radius 3 is 1.86 bits per heavy atom. The maximum Gasteiger partial charge on any atom is 0.528 e. The first-order chi connectivity index (χ1) is 9.54. The summed E-state index contributed by atoms with van der Waals surface area (Å²) in [7, 11) is 0. The van der Waals surface area contributed by atoms with Gasteiger partial charge >= 0.3 is 18.5 Å². The number of benzene rings is 1. The van der Waals surface area contributed by atoms with E-state index in [0.29, 0.717) is 0 Å². The number of ether oxygens (including phenoxy) is 2. The monoisotopic (exact) mass is 312 g/mol. The number of carbonyl (C=O) groups is 1. The fourth-order valence-electron chi connectivity index (χ4n) is 1.20. The zero-order chi connectivity index (χ0) is 16.3. The van der Waals surface area contributed by atoms with Crippen molar-refractivity contribution in [1.82, 2.24) is 0 Å². The van der Waals surface area contributed by atoms with Crippen molar-refractivity contribution in [2.75, 3.05) is 0 Å². The molecule has 21 heavy (non-hydrogen) atoms. The quantitative estimate of drug-likeness (QED) is 0.337. The molecule has 1 rings (SSSR count). The van der Waals surface area contributed by atoms with E-state index in [4.69, 9.17) is 0 Å². The molecule has 0 aliphatic carbocycles. The lowest BCUT2D eigenvalue weighted by molar-refractivity contribution is -0.143. The van der Waals surface area contributed by atoms with Gasteiger partial charge in [-0.25, -0.2) is 4.79 Å². The topological polar surface area (TPSA) is 35.5 Å². The molecule has 0 bridgehead atoms. The van der Waals surface area contributed by atoms with E-state index in [1.807, 2.05) is 0 Å². The number of alkyl halides is 6. The van der Waals surface area contributed by atoms with Crippen molar-refractivity contribution >= 4 is 6.16 Å². The Hall–Kier alpha value is -2.37. The zero-order valence-corrected chi connectivity index (χ0v) is 10.2. The fraction of sp³-hybridized carbons (Fsp3) is 0.250. The first-order valence-corrected chi connectivity index (χ1v) is 5.14. The van der Waals surface area contributed by atoms with Crippen molar-refractivity contribution in [2.24, 2.45) is 0 Å². The Morgan fingerprint density at radius 1 is 1.00 bits per heavy atom. The van der Waals surface area contributed by atoms with E-state index in [9.17, 15) is 31.1 Å². The average molecular weight is 312 g/mol. The highest BCUT2D eigenvalue weighted by molar-refractivity contribution is 5.65. The van der Waals surface area contributed by atoms with Crippen LogP contribution in [-0.4, -0.2) is 6.16 Å². The number of halogens is 6. The first-order valence-electron chi connectivity index (χ1n) is 5.14. The van der Waals surface area contributed by atoms with Crippen LogP contribution in [-0.2, 0) is 17.1 Å². The van der Waals surface area contributed by atoms with E-state index >= 15 is 0 Å². The van der Waals surface area contributed by atoms with Crippen LogP contribution < -0.4 is 4.74 Å². The van der Waals surface area contributed by atoms with Crippen LogP contribution in [0.1, 0.15) is 18.1 Å². The molecule has 0 spiro atoms. The van der Waals surface area contributed by atoms with Crippen molar-refractivity contribution < 1.29 is 40.6 Å². The maximum atomic E-state index is 12.5. The molecule has 0 amide bonds. The van der Waals surface area contributed by atoms with E-state index in [0.717, 1.165) is 0 Å². The van der Waals surface area contributed by atoms with Crippen molar-refractivity contribution in [3.05, 3.63) is 29.3 Å². The van der Waals surface area contributed by atoms with E-state index in [2.05, 4.69) is 15.4 Å². The van der Waals surface area contributed by atoms with Crippen LogP contribution in [0, 0.1) is 12.0 Å². The van der Waals surface area contributed by atoms with Crippen LogP contribution in [0.5, 0.6) is 5.75 Å². The van der Waals surface area contributed by atoms with Gasteiger partial charge < -0.3 is 9.47 Å². The minimum absolute atomic E-state index is 0.0932. The molecule has 0 radical (unpaired) electrons. The second-order valence-electron chi connectivity index (χ2n) is 3.55. The third kappa shape index (κ3) is 4.91. The molecule has 0 aliphatic rings. The minimum Gasteiger partial charge on any atom is -0.394 e. The summed E-state index contributed by atoms with van der Waals surface area (Å²) in [4.78, 5) is 11.0. The summed E-state index contributed by atoms with van der Waals surface area (Å²) in [5, 5.41) is 0. The molecule has 1 aromatic rings. The molecule has 0 heterocycles. The van der Waals surface area contributed by atoms with Gasteiger partial charge in [0.1, 0.15) is 11.9 Å². The Labute approximate surface area is 114 Å². The molecule has 0 atom stereocenters. The number of hydrogen-bond acceptors (Lipinski definition) is 3. The van der Waals surface area contributed by atoms with Gasteiger partial charge in [0.25, 0.3) is 0 Å². The predicted octanol–water partition coefficient (Wildman–Crippen LogP) is 4.22. The van der Waals surface area contributed by atoms with Gasteiger partial charge in [-0.05, 0) is 18.2 Å². The third-order valence-electron chi connectivity index (χ3n) is 2.00. The molecule has 0 saturated carbocycles. The minimum atomic E-state index is -5.04. The lowest BCUT2D eigenvalue weighted by Crippen LogP contribution is -2.13. The molecule has 0 aliphatic heterocycles. The normalized spacial score (nSPS) is 11.4. The highest BCUT2D eigenvalue weighted by Crippen LogP contribution is 2.38. The molecule has 0 N–H and O–H groups in total. The molecular formula is C12H6F6O3. The summed E-state index contributed by atoms with van der Waals surface area (Å²) >= 11 is 0. The van der Waals surface area contributed by atoms with E-state index in [1.54, 1.807) is 6.11 Å². The summed E-state index contributed by atoms with van der Waals surface area (Å²) in [6.45, 7) is 1.29. The smallest absolute Gasteiger partial charge is 0.394 e. The summed E-state index contributed by atoms with van der Waals surface area (Å²) in [5.41, 5.74) is -3.22. The summed E-state index contributed by atoms with van der Waals surface area (Å²) in [6, 6.07) is 0.399.